The summed E-state index contributed by atoms with van der Waals surface area (Å²) in [5, 5.41) is 22.0. The van der Waals surface area contributed by atoms with Crippen molar-refractivity contribution in [1.29, 1.82) is 0 Å². The van der Waals surface area contributed by atoms with Crippen molar-refractivity contribution in [2.75, 3.05) is 18.8 Å². The Hall–Kier alpha value is -0.930. The topological polar surface area (TPSA) is 107 Å². The van der Waals surface area contributed by atoms with Crippen molar-refractivity contribution in [1.82, 2.24) is 10.2 Å². The minimum absolute atomic E-state index is 0.119. The number of aliphatic carboxylic acids is 1. The van der Waals surface area contributed by atoms with Crippen LogP contribution in [0.25, 0.3) is 0 Å². The van der Waals surface area contributed by atoms with Crippen LogP contribution in [0.2, 0.25) is 0 Å². The van der Waals surface area contributed by atoms with Crippen LogP contribution in [0.1, 0.15) is 20.8 Å². The highest BCUT2D eigenvalue weighted by molar-refractivity contribution is 8.19. The average molecular weight is 348 g/mol. The first-order valence-corrected chi connectivity index (χ1v) is 8.77. The van der Waals surface area contributed by atoms with Crippen molar-refractivity contribution in [2.45, 2.75) is 35.8 Å². The molecule has 2 aliphatic heterocycles. The third-order valence-electron chi connectivity index (χ3n) is 3.73. The van der Waals surface area contributed by atoms with Gasteiger partial charge in [0.15, 0.2) is 4.08 Å². The van der Waals surface area contributed by atoms with E-state index in [9.17, 15) is 24.6 Å². The van der Waals surface area contributed by atoms with E-state index in [2.05, 4.69) is 5.32 Å². The molecular weight excluding hydrogens is 328 g/mol. The number of carboxylic acids is 1. The Morgan fingerprint density at radius 3 is 2.68 bits per heavy atom. The highest BCUT2D eigenvalue weighted by atomic mass is 32.2. The van der Waals surface area contributed by atoms with Gasteiger partial charge >= 0.3 is 5.97 Å². The summed E-state index contributed by atoms with van der Waals surface area (Å²) in [6, 6.07) is 0. The fourth-order valence-corrected chi connectivity index (χ4v) is 5.93. The number of fused-ring (bicyclic) bond motifs is 1. The van der Waals surface area contributed by atoms with Gasteiger partial charge in [-0.2, -0.15) is 0 Å². The Bertz CT molecular complexity index is 507. The zero-order valence-electron chi connectivity index (χ0n) is 12.7. The fraction of sp³-hybridized carbons (Fsp3) is 0.769. The van der Waals surface area contributed by atoms with Crippen LogP contribution in [-0.4, -0.2) is 66.8 Å². The Morgan fingerprint density at radius 2 is 2.18 bits per heavy atom. The molecule has 22 heavy (non-hydrogen) atoms. The molecule has 0 aromatic carbocycles. The van der Waals surface area contributed by atoms with E-state index in [1.807, 2.05) is 0 Å². The molecule has 2 heterocycles. The molecule has 0 aliphatic carbocycles. The molecule has 2 rings (SSSR count). The van der Waals surface area contributed by atoms with Crippen molar-refractivity contribution in [3.63, 3.8) is 0 Å². The fourth-order valence-electron chi connectivity index (χ4n) is 2.63. The number of carbonyl (C=O) groups excluding carboxylic acids is 2. The van der Waals surface area contributed by atoms with Crippen molar-refractivity contribution in [2.24, 2.45) is 5.92 Å². The first kappa shape index (κ1) is 17.4. The van der Waals surface area contributed by atoms with Gasteiger partial charge in [-0.05, 0) is 13.8 Å². The molecule has 0 saturated carbocycles. The average Bonchev–Trinajstić information content (AvgIpc) is 2.69. The molecule has 3 N–H and O–H groups in total. The third-order valence-corrected chi connectivity index (χ3v) is 7.00. The monoisotopic (exact) mass is 348 g/mol. The zero-order chi connectivity index (χ0) is 16.7. The van der Waals surface area contributed by atoms with Crippen molar-refractivity contribution in [3.05, 3.63) is 0 Å². The molecule has 2 saturated heterocycles. The minimum Gasteiger partial charge on any atom is -0.480 e. The minimum atomic E-state index is -1.17. The smallest absolute Gasteiger partial charge is 0.332 e. The zero-order valence-corrected chi connectivity index (χ0v) is 14.3. The first-order valence-electron chi connectivity index (χ1n) is 6.91. The van der Waals surface area contributed by atoms with E-state index in [0.29, 0.717) is 12.3 Å². The summed E-state index contributed by atoms with van der Waals surface area (Å²) >= 11 is 2.43. The molecule has 2 fully saturated rings. The van der Waals surface area contributed by atoms with E-state index >= 15 is 0 Å². The second-order valence-electron chi connectivity index (χ2n) is 6.00. The van der Waals surface area contributed by atoms with E-state index in [1.165, 1.54) is 35.3 Å². The molecule has 9 heteroatoms. The van der Waals surface area contributed by atoms with Crippen LogP contribution in [0.15, 0.2) is 0 Å². The molecule has 7 nitrogen and oxygen atoms in total. The maximum absolute atomic E-state index is 12.1. The van der Waals surface area contributed by atoms with E-state index in [1.54, 1.807) is 13.8 Å². The van der Waals surface area contributed by atoms with E-state index in [0.717, 1.165) is 0 Å². The summed E-state index contributed by atoms with van der Waals surface area (Å²) in [7, 11) is 0. The normalized spacial score (nSPS) is 30.7. The number of rotatable bonds is 6. The highest BCUT2D eigenvalue weighted by Crippen LogP contribution is 2.56. The van der Waals surface area contributed by atoms with Crippen LogP contribution in [0.3, 0.4) is 0 Å². The maximum atomic E-state index is 12.1. The largest absolute Gasteiger partial charge is 0.480 e. The highest BCUT2D eigenvalue weighted by Gasteiger charge is 2.65. The van der Waals surface area contributed by atoms with Gasteiger partial charge in [-0.25, -0.2) is 4.79 Å². The number of hydrogen-bond acceptors (Lipinski definition) is 6. The summed E-state index contributed by atoms with van der Waals surface area (Å²) in [4.78, 5) is 36.2. The van der Waals surface area contributed by atoms with Crippen LogP contribution < -0.4 is 5.32 Å². The second-order valence-corrected chi connectivity index (χ2v) is 9.06. The molecule has 0 bridgehead atoms. The van der Waals surface area contributed by atoms with Gasteiger partial charge in [0.2, 0.25) is 11.8 Å². The lowest BCUT2D eigenvalue weighted by Crippen LogP contribution is -2.63. The van der Waals surface area contributed by atoms with Gasteiger partial charge in [0.1, 0.15) is 0 Å². The second kappa shape index (κ2) is 5.93. The number of carboxylic acid groups (broad SMARTS) is 1. The Kier molecular flexibility index (Phi) is 4.70. The molecule has 0 radical (unpaired) electrons. The number of hydrogen-bond donors (Lipinski definition) is 3. The number of aliphatic hydroxyl groups is 1. The number of thioether (sulfide) groups is 2. The Balaban J connectivity index is 2.04. The predicted molar refractivity (Wildman–Crippen MR) is 84.4 cm³/mol. The predicted octanol–water partition coefficient (Wildman–Crippen LogP) is -0.0612. The summed E-state index contributed by atoms with van der Waals surface area (Å²) in [5.41, 5.74) is -1.17. The van der Waals surface area contributed by atoms with Crippen LogP contribution >= 0.6 is 23.5 Å². The molecule has 2 unspecified atom stereocenters. The quantitative estimate of drug-likeness (QED) is 0.456. The number of nitrogens with zero attached hydrogens (tertiary/aromatic N) is 1. The summed E-state index contributed by atoms with van der Waals surface area (Å²) < 4.78 is -1.14. The molecule has 0 aromatic heterocycles. The summed E-state index contributed by atoms with van der Waals surface area (Å²) in [6.07, 6.45) is 0. The van der Waals surface area contributed by atoms with Crippen LogP contribution in [-0.2, 0) is 14.4 Å². The van der Waals surface area contributed by atoms with Crippen molar-refractivity contribution >= 4 is 41.3 Å². The van der Waals surface area contributed by atoms with Gasteiger partial charge in [-0.1, -0.05) is 0 Å². The van der Waals surface area contributed by atoms with Crippen molar-refractivity contribution < 1.29 is 24.6 Å². The van der Waals surface area contributed by atoms with E-state index < -0.39 is 21.6 Å². The maximum Gasteiger partial charge on any atom is 0.332 e. The number of β-lactam (4-membered cyclic amide) rings is 1. The summed E-state index contributed by atoms with van der Waals surface area (Å²) in [6.45, 7) is 5.04. The van der Waals surface area contributed by atoms with Crippen LogP contribution in [0.4, 0.5) is 0 Å². The molecule has 0 spiro atoms. The third kappa shape index (κ3) is 3.07. The van der Waals surface area contributed by atoms with E-state index in [4.69, 9.17) is 0 Å². The molecule has 3 atom stereocenters. The first-order chi connectivity index (χ1) is 10.1. The van der Waals surface area contributed by atoms with Gasteiger partial charge in [-0.15, -0.1) is 23.5 Å². The van der Waals surface area contributed by atoms with Gasteiger partial charge in [0.05, 0.1) is 23.4 Å². The number of amides is 2. The summed E-state index contributed by atoms with van der Waals surface area (Å²) in [5.74, 6) is -1.47. The molecule has 124 valence electrons. The number of nitrogens with one attached hydrogen (secondary N) is 1. The lowest BCUT2D eigenvalue weighted by atomic mass is 9.83. The Labute approximate surface area is 137 Å². The van der Waals surface area contributed by atoms with Gasteiger partial charge < -0.3 is 20.4 Å². The van der Waals surface area contributed by atoms with Gasteiger partial charge in [0.25, 0.3) is 0 Å². The standard InChI is InChI=1S/C13H20N2O5S2/c1-7(16)14-4-5-21-13(11(18)19)6-15-9(17)8(10(15)22-13)12(2,3)20/h8,10,20H,4-6H2,1-3H3,(H,14,16)(H,18,19)/t8?,10-,13?/m1/s1. The van der Waals surface area contributed by atoms with Crippen LogP contribution in [0, 0.1) is 5.92 Å². The van der Waals surface area contributed by atoms with Crippen molar-refractivity contribution in [3.8, 4) is 0 Å². The van der Waals surface area contributed by atoms with Gasteiger partial charge in [-0.3, -0.25) is 9.59 Å². The lowest BCUT2D eigenvalue weighted by molar-refractivity contribution is -0.163. The van der Waals surface area contributed by atoms with E-state index in [-0.39, 0.29) is 23.7 Å². The molecule has 2 aliphatic rings. The van der Waals surface area contributed by atoms with Crippen LogP contribution in [0.5, 0.6) is 0 Å². The molecule has 0 aromatic rings. The number of carbonyl (C=O) groups is 3. The molecular formula is C13H20N2O5S2. The van der Waals surface area contributed by atoms with Gasteiger partial charge in [0, 0.05) is 19.2 Å². The lowest BCUT2D eigenvalue weighted by Gasteiger charge is -2.46. The SMILES string of the molecule is CC(=O)NCCSC1(C(=O)O)CN2C(=O)C(C(C)(C)O)[C@H]2S1. The molecule has 2 amide bonds. The Morgan fingerprint density at radius 1 is 1.55 bits per heavy atom.